The fraction of sp³-hybridized carbons (Fsp3) is 0.385. The molecule has 14 heavy (non-hydrogen) atoms. The van der Waals surface area contributed by atoms with Gasteiger partial charge in [0.2, 0.25) is 0 Å². The van der Waals surface area contributed by atoms with E-state index in [0.29, 0.717) is 0 Å². The van der Waals surface area contributed by atoms with Gasteiger partial charge in [0.05, 0.1) is 6.10 Å². The summed E-state index contributed by atoms with van der Waals surface area (Å²) in [6.07, 6.45) is 9.46. The van der Waals surface area contributed by atoms with Crippen LogP contribution in [0.3, 0.4) is 0 Å². The van der Waals surface area contributed by atoms with Gasteiger partial charge in [-0.05, 0) is 38.8 Å². The van der Waals surface area contributed by atoms with Crippen LogP contribution in [-0.4, -0.2) is 6.10 Å². The monoisotopic (exact) mass is 190 g/mol. The summed E-state index contributed by atoms with van der Waals surface area (Å²) in [4.78, 5) is 0. The van der Waals surface area contributed by atoms with Crippen LogP contribution in [0.5, 0.6) is 0 Å². The summed E-state index contributed by atoms with van der Waals surface area (Å²) in [5, 5.41) is 0. The number of hydrogen-bond donors (Lipinski definition) is 0. The summed E-state index contributed by atoms with van der Waals surface area (Å²) in [5.74, 6) is 0.932. The SMILES string of the molecule is C=C(C)C1=CCC=CC=C1OC(C)C. The molecule has 0 saturated carbocycles. The van der Waals surface area contributed by atoms with Crippen molar-refractivity contribution in [2.75, 3.05) is 0 Å². The predicted octanol–water partition coefficient (Wildman–Crippen LogP) is 3.76. The fourth-order valence-electron chi connectivity index (χ4n) is 1.35. The molecule has 0 atom stereocenters. The van der Waals surface area contributed by atoms with E-state index in [2.05, 4.69) is 18.7 Å². The molecule has 0 radical (unpaired) electrons. The third-order valence-electron chi connectivity index (χ3n) is 1.93. The molecule has 0 aromatic heterocycles. The molecule has 0 aromatic rings. The summed E-state index contributed by atoms with van der Waals surface area (Å²) in [6.45, 7) is 10.0. The van der Waals surface area contributed by atoms with Gasteiger partial charge in [-0.1, -0.05) is 24.8 Å². The van der Waals surface area contributed by atoms with Crippen LogP contribution in [0.1, 0.15) is 27.2 Å². The van der Waals surface area contributed by atoms with E-state index in [-0.39, 0.29) is 6.10 Å². The van der Waals surface area contributed by atoms with Crippen LogP contribution in [0.2, 0.25) is 0 Å². The Morgan fingerprint density at radius 1 is 1.50 bits per heavy atom. The van der Waals surface area contributed by atoms with Crippen molar-refractivity contribution in [2.24, 2.45) is 0 Å². The van der Waals surface area contributed by atoms with E-state index in [4.69, 9.17) is 4.74 Å². The maximum absolute atomic E-state index is 5.73. The van der Waals surface area contributed by atoms with Gasteiger partial charge >= 0.3 is 0 Å². The minimum absolute atomic E-state index is 0.204. The second-order valence-corrected chi connectivity index (χ2v) is 3.76. The predicted molar refractivity (Wildman–Crippen MR) is 61.0 cm³/mol. The van der Waals surface area contributed by atoms with Gasteiger partial charge in [0, 0.05) is 5.57 Å². The molecule has 0 spiro atoms. The Kier molecular flexibility index (Phi) is 3.75. The molecule has 0 fully saturated rings. The maximum atomic E-state index is 5.73. The Balaban J connectivity index is 2.90. The van der Waals surface area contributed by atoms with Crippen LogP contribution in [0.4, 0.5) is 0 Å². The van der Waals surface area contributed by atoms with Crippen molar-refractivity contribution in [2.45, 2.75) is 33.3 Å². The minimum atomic E-state index is 0.204. The lowest BCUT2D eigenvalue weighted by Gasteiger charge is -2.16. The molecule has 0 N–H and O–H groups in total. The zero-order valence-corrected chi connectivity index (χ0v) is 9.21. The van der Waals surface area contributed by atoms with Crippen molar-refractivity contribution in [1.82, 2.24) is 0 Å². The molecule has 0 bridgehead atoms. The molecule has 1 rings (SSSR count). The molecule has 1 nitrogen and oxygen atoms in total. The van der Waals surface area contributed by atoms with Crippen LogP contribution in [0, 0.1) is 0 Å². The lowest BCUT2D eigenvalue weighted by molar-refractivity contribution is 0.155. The van der Waals surface area contributed by atoms with Gasteiger partial charge in [-0.15, -0.1) is 0 Å². The normalized spacial score (nSPS) is 16.0. The number of ether oxygens (including phenoxy) is 1. The highest BCUT2D eigenvalue weighted by Gasteiger charge is 2.09. The zero-order chi connectivity index (χ0) is 10.6. The van der Waals surface area contributed by atoms with Gasteiger partial charge in [0.1, 0.15) is 5.76 Å². The van der Waals surface area contributed by atoms with E-state index >= 15 is 0 Å². The zero-order valence-electron chi connectivity index (χ0n) is 9.21. The molecule has 1 heteroatoms. The number of allylic oxidation sites excluding steroid dienone is 5. The molecule has 0 aromatic carbocycles. The van der Waals surface area contributed by atoms with E-state index < -0.39 is 0 Å². The van der Waals surface area contributed by atoms with Crippen LogP contribution in [-0.2, 0) is 4.74 Å². The van der Waals surface area contributed by atoms with E-state index in [1.807, 2.05) is 32.9 Å². The lowest BCUT2D eigenvalue weighted by atomic mass is 10.1. The number of hydrogen-bond acceptors (Lipinski definition) is 1. The summed E-state index contributed by atoms with van der Waals surface area (Å²) in [5.41, 5.74) is 2.18. The van der Waals surface area contributed by atoms with Crippen molar-refractivity contribution in [3.05, 3.63) is 47.8 Å². The second-order valence-electron chi connectivity index (χ2n) is 3.76. The Morgan fingerprint density at radius 3 is 2.79 bits per heavy atom. The van der Waals surface area contributed by atoms with Gasteiger partial charge < -0.3 is 4.74 Å². The summed E-state index contributed by atoms with van der Waals surface area (Å²) in [7, 11) is 0. The van der Waals surface area contributed by atoms with Gasteiger partial charge in [0.15, 0.2) is 0 Å². The van der Waals surface area contributed by atoms with Crippen LogP contribution in [0.25, 0.3) is 0 Å². The highest BCUT2D eigenvalue weighted by molar-refractivity contribution is 5.44. The molecular weight excluding hydrogens is 172 g/mol. The molecule has 76 valence electrons. The Hall–Kier alpha value is -1.24. The first kappa shape index (κ1) is 10.8. The van der Waals surface area contributed by atoms with Gasteiger partial charge in [-0.2, -0.15) is 0 Å². The summed E-state index contributed by atoms with van der Waals surface area (Å²) < 4.78 is 5.73. The summed E-state index contributed by atoms with van der Waals surface area (Å²) >= 11 is 0. The van der Waals surface area contributed by atoms with Gasteiger partial charge in [0.25, 0.3) is 0 Å². The average molecular weight is 190 g/mol. The molecule has 1 aliphatic carbocycles. The first-order valence-corrected chi connectivity index (χ1v) is 5.01. The standard InChI is InChI=1S/C13H18O/c1-10(2)12-8-6-5-7-9-13(12)14-11(3)4/h5,7-9,11H,1,6H2,2-4H3. The van der Waals surface area contributed by atoms with Crippen molar-refractivity contribution in [3.63, 3.8) is 0 Å². The van der Waals surface area contributed by atoms with Gasteiger partial charge in [-0.25, -0.2) is 0 Å². The molecule has 1 aliphatic rings. The first-order valence-electron chi connectivity index (χ1n) is 5.01. The molecule has 0 aliphatic heterocycles. The molecular formula is C13H18O. The topological polar surface area (TPSA) is 9.23 Å². The smallest absolute Gasteiger partial charge is 0.126 e. The van der Waals surface area contributed by atoms with E-state index in [0.717, 1.165) is 23.3 Å². The third kappa shape index (κ3) is 2.91. The Bertz CT molecular complexity index is 303. The van der Waals surface area contributed by atoms with Crippen LogP contribution in [0.15, 0.2) is 47.8 Å². The third-order valence-corrected chi connectivity index (χ3v) is 1.93. The van der Waals surface area contributed by atoms with Crippen molar-refractivity contribution >= 4 is 0 Å². The molecule has 0 heterocycles. The van der Waals surface area contributed by atoms with Crippen molar-refractivity contribution < 1.29 is 4.74 Å². The second kappa shape index (κ2) is 4.85. The first-order chi connectivity index (χ1) is 6.61. The molecule has 0 amide bonds. The average Bonchev–Trinajstić information content (AvgIpc) is 2.28. The van der Waals surface area contributed by atoms with Crippen LogP contribution >= 0.6 is 0 Å². The largest absolute Gasteiger partial charge is 0.490 e. The van der Waals surface area contributed by atoms with E-state index in [1.165, 1.54) is 0 Å². The Labute approximate surface area is 86.5 Å². The molecule has 0 saturated heterocycles. The Morgan fingerprint density at radius 2 is 2.21 bits per heavy atom. The highest BCUT2D eigenvalue weighted by Crippen LogP contribution is 2.23. The minimum Gasteiger partial charge on any atom is -0.490 e. The molecule has 0 unspecified atom stereocenters. The fourth-order valence-corrected chi connectivity index (χ4v) is 1.35. The van der Waals surface area contributed by atoms with Gasteiger partial charge in [-0.3, -0.25) is 0 Å². The van der Waals surface area contributed by atoms with Crippen LogP contribution < -0.4 is 0 Å². The van der Waals surface area contributed by atoms with E-state index in [1.54, 1.807) is 0 Å². The highest BCUT2D eigenvalue weighted by atomic mass is 16.5. The van der Waals surface area contributed by atoms with Crippen molar-refractivity contribution in [3.8, 4) is 0 Å². The van der Waals surface area contributed by atoms with E-state index in [9.17, 15) is 0 Å². The van der Waals surface area contributed by atoms with Crippen molar-refractivity contribution in [1.29, 1.82) is 0 Å². The summed E-state index contributed by atoms with van der Waals surface area (Å²) in [6, 6.07) is 0. The number of rotatable bonds is 3. The lowest BCUT2D eigenvalue weighted by Crippen LogP contribution is -2.04. The quantitative estimate of drug-likeness (QED) is 0.658. The maximum Gasteiger partial charge on any atom is 0.126 e.